The Morgan fingerprint density at radius 2 is 1.94 bits per heavy atom. The Morgan fingerprint density at radius 3 is 2.65 bits per heavy atom. The van der Waals surface area contributed by atoms with E-state index in [1.807, 2.05) is 0 Å². The number of carbonyl (C=O) groups excluding carboxylic acids is 3. The third kappa shape index (κ3) is 4.77. The highest BCUT2D eigenvalue weighted by molar-refractivity contribution is 6.06. The summed E-state index contributed by atoms with van der Waals surface area (Å²) in [6.45, 7) is 0.737. The molecule has 0 radical (unpaired) electrons. The number of fused-ring (bicyclic) bond motifs is 1. The Morgan fingerprint density at radius 1 is 1.18 bits per heavy atom. The van der Waals surface area contributed by atoms with Gasteiger partial charge in [0.1, 0.15) is 18.2 Å². The van der Waals surface area contributed by atoms with Gasteiger partial charge in [-0.1, -0.05) is 18.2 Å². The number of ether oxygens (including phenoxy) is 2. The Labute approximate surface area is 192 Å². The molecule has 12 heteroatoms. The fraction of sp³-hybridized carbons (Fsp3) is 0.364. The van der Waals surface area contributed by atoms with E-state index in [2.05, 4.69) is 20.3 Å². The van der Waals surface area contributed by atoms with Gasteiger partial charge in [-0.15, -0.1) is 0 Å². The zero-order valence-corrected chi connectivity index (χ0v) is 18.1. The summed E-state index contributed by atoms with van der Waals surface area (Å²) in [5.41, 5.74) is 0.785. The highest BCUT2D eigenvalue weighted by Crippen LogP contribution is 2.36. The topological polar surface area (TPSA) is 146 Å². The number of halogens is 1. The number of aliphatic hydroxyl groups excluding tert-OH is 1. The number of amides is 1. The summed E-state index contributed by atoms with van der Waals surface area (Å²) in [5.74, 6) is -1.26. The predicted molar refractivity (Wildman–Crippen MR) is 115 cm³/mol. The molecule has 0 spiro atoms. The number of aliphatic hydroxyl groups is 1. The van der Waals surface area contributed by atoms with Crippen LogP contribution in [0.15, 0.2) is 43.0 Å². The van der Waals surface area contributed by atoms with Crippen LogP contribution in [-0.2, 0) is 19.1 Å². The number of aromatic nitrogens is 4. The van der Waals surface area contributed by atoms with Crippen LogP contribution in [-0.4, -0.2) is 67.3 Å². The number of rotatable bonds is 8. The largest absolute Gasteiger partial charge is 0.456 e. The Balaban J connectivity index is 1.55. The average Bonchev–Trinajstić information content (AvgIpc) is 3.40. The fourth-order valence-electron chi connectivity index (χ4n) is 3.59. The Hall–Kier alpha value is -3.77. The molecule has 11 nitrogen and oxygen atoms in total. The summed E-state index contributed by atoms with van der Waals surface area (Å²) in [7, 11) is 0. The molecule has 1 amide bonds. The molecular formula is C22H22FN5O6. The van der Waals surface area contributed by atoms with E-state index in [4.69, 9.17) is 9.47 Å². The van der Waals surface area contributed by atoms with Gasteiger partial charge in [0.25, 0.3) is 5.91 Å². The van der Waals surface area contributed by atoms with Crippen LogP contribution in [0.3, 0.4) is 0 Å². The molecule has 1 saturated heterocycles. The number of benzene rings is 1. The number of nitrogens with zero attached hydrogens (tertiary/aromatic N) is 4. The van der Waals surface area contributed by atoms with Gasteiger partial charge in [-0.05, 0) is 19.1 Å². The molecule has 1 unspecified atom stereocenters. The lowest BCUT2D eigenvalue weighted by molar-refractivity contribution is -0.155. The van der Waals surface area contributed by atoms with Crippen molar-refractivity contribution in [1.29, 1.82) is 0 Å². The lowest BCUT2D eigenvalue weighted by Crippen LogP contribution is -2.35. The van der Waals surface area contributed by atoms with Crippen molar-refractivity contribution in [1.82, 2.24) is 19.5 Å². The number of nitrogens with one attached hydrogen (secondary N) is 1. The van der Waals surface area contributed by atoms with Gasteiger partial charge in [0.15, 0.2) is 35.5 Å². The molecule has 3 heterocycles. The lowest BCUT2D eigenvalue weighted by atomic mass is 10.1. The summed E-state index contributed by atoms with van der Waals surface area (Å²) >= 11 is 0. The van der Waals surface area contributed by atoms with E-state index < -0.39 is 43.1 Å². The molecule has 3 aromatic rings. The highest BCUT2D eigenvalue weighted by Gasteiger charge is 2.48. The van der Waals surface area contributed by atoms with Gasteiger partial charge >= 0.3 is 5.97 Å². The van der Waals surface area contributed by atoms with E-state index in [1.54, 1.807) is 30.3 Å². The SMILES string of the molecule is CC(=O)CCC(=O)O[C@@H]1C(F)[C@H](n2cnc3c(NC(=O)c4ccccc4)ncnc32)O[C@@H]1CO. The number of imidazole rings is 1. The van der Waals surface area contributed by atoms with Crippen molar-refractivity contribution in [3.05, 3.63) is 48.5 Å². The maximum atomic E-state index is 15.3. The van der Waals surface area contributed by atoms with Crippen LogP contribution >= 0.6 is 0 Å². The second-order valence-corrected chi connectivity index (χ2v) is 7.72. The number of esters is 1. The van der Waals surface area contributed by atoms with Crippen molar-refractivity contribution in [2.75, 3.05) is 11.9 Å². The molecular weight excluding hydrogens is 449 g/mol. The van der Waals surface area contributed by atoms with Gasteiger partial charge in [-0.3, -0.25) is 14.2 Å². The highest BCUT2D eigenvalue weighted by atomic mass is 19.1. The lowest BCUT2D eigenvalue weighted by Gasteiger charge is -2.18. The van der Waals surface area contributed by atoms with Gasteiger partial charge in [0, 0.05) is 12.0 Å². The molecule has 0 aliphatic carbocycles. The second kappa shape index (κ2) is 10.0. The molecule has 0 bridgehead atoms. The zero-order valence-electron chi connectivity index (χ0n) is 18.1. The number of hydrogen-bond acceptors (Lipinski definition) is 9. The first kappa shape index (κ1) is 23.4. The molecule has 1 fully saturated rings. The van der Waals surface area contributed by atoms with Crippen LogP contribution in [0.1, 0.15) is 36.4 Å². The minimum atomic E-state index is -1.85. The minimum absolute atomic E-state index is 0.0306. The smallest absolute Gasteiger partial charge is 0.306 e. The van der Waals surface area contributed by atoms with Crippen molar-refractivity contribution in [2.45, 2.75) is 44.4 Å². The number of alkyl halides is 1. The van der Waals surface area contributed by atoms with Gasteiger partial charge in [0.05, 0.1) is 19.4 Å². The monoisotopic (exact) mass is 471 g/mol. The minimum Gasteiger partial charge on any atom is -0.456 e. The molecule has 1 aromatic carbocycles. The van der Waals surface area contributed by atoms with Crippen LogP contribution < -0.4 is 5.32 Å². The number of ketones is 1. The standard InChI is InChI=1S/C22H22FN5O6/c1-12(30)7-8-15(31)34-18-14(9-29)33-22(16(18)23)28-11-26-17-19(24-10-25-20(17)28)27-21(32)13-5-3-2-4-6-13/h2-6,10-11,14,16,18,22,29H,7-9H2,1H3,(H,24,25,27,32)/t14-,16?,18+,22-/m1/s1. The number of hydrogen-bond donors (Lipinski definition) is 2. The van der Waals surface area contributed by atoms with E-state index in [-0.39, 0.29) is 35.6 Å². The molecule has 2 N–H and O–H groups in total. The van der Waals surface area contributed by atoms with Crippen LogP contribution in [0.4, 0.5) is 10.2 Å². The fourth-order valence-corrected chi connectivity index (χ4v) is 3.59. The second-order valence-electron chi connectivity index (χ2n) is 7.72. The maximum Gasteiger partial charge on any atom is 0.306 e. The first-order valence-corrected chi connectivity index (χ1v) is 10.5. The van der Waals surface area contributed by atoms with E-state index in [0.29, 0.717) is 5.56 Å². The molecule has 0 saturated carbocycles. The molecule has 34 heavy (non-hydrogen) atoms. The van der Waals surface area contributed by atoms with Crippen LogP contribution in [0.25, 0.3) is 11.2 Å². The number of anilines is 1. The van der Waals surface area contributed by atoms with Gasteiger partial charge in [-0.25, -0.2) is 19.3 Å². The van der Waals surface area contributed by atoms with Gasteiger partial charge < -0.3 is 24.7 Å². The van der Waals surface area contributed by atoms with Crippen LogP contribution in [0, 0.1) is 0 Å². The van der Waals surface area contributed by atoms with Crippen molar-refractivity contribution < 1.29 is 33.4 Å². The first-order chi connectivity index (χ1) is 16.4. The third-order valence-corrected chi connectivity index (χ3v) is 5.30. The maximum absolute atomic E-state index is 15.3. The molecule has 1 aliphatic rings. The van der Waals surface area contributed by atoms with Crippen LogP contribution in [0.2, 0.25) is 0 Å². The molecule has 2 aromatic heterocycles. The quantitative estimate of drug-likeness (QED) is 0.468. The summed E-state index contributed by atoms with van der Waals surface area (Å²) in [4.78, 5) is 48.0. The van der Waals surface area contributed by atoms with E-state index >= 15 is 4.39 Å². The number of carbonyl (C=O) groups is 3. The first-order valence-electron chi connectivity index (χ1n) is 10.5. The molecule has 1 aliphatic heterocycles. The van der Waals surface area contributed by atoms with Gasteiger partial charge in [-0.2, -0.15) is 0 Å². The van der Waals surface area contributed by atoms with Crippen LogP contribution in [0.5, 0.6) is 0 Å². The molecule has 4 rings (SSSR count). The molecule has 178 valence electrons. The van der Waals surface area contributed by atoms with Gasteiger partial charge in [0.2, 0.25) is 0 Å². The average molecular weight is 471 g/mol. The molecule has 4 atom stereocenters. The zero-order chi connectivity index (χ0) is 24.2. The Bertz CT molecular complexity index is 1200. The predicted octanol–water partition coefficient (Wildman–Crippen LogP) is 1.59. The summed E-state index contributed by atoms with van der Waals surface area (Å²) < 4.78 is 27.4. The Kier molecular flexibility index (Phi) is 6.89. The normalized spacial score (nSPS) is 22.0. The summed E-state index contributed by atoms with van der Waals surface area (Å²) in [5, 5.41) is 12.3. The van der Waals surface area contributed by atoms with E-state index in [1.165, 1.54) is 24.1 Å². The van der Waals surface area contributed by atoms with Crippen molar-refractivity contribution in [2.24, 2.45) is 0 Å². The van der Waals surface area contributed by atoms with E-state index in [9.17, 15) is 19.5 Å². The van der Waals surface area contributed by atoms with Crippen molar-refractivity contribution >= 4 is 34.6 Å². The summed E-state index contributed by atoms with van der Waals surface area (Å²) in [6, 6.07) is 8.50. The summed E-state index contributed by atoms with van der Waals surface area (Å²) in [6.07, 6.45) is -3.45. The third-order valence-electron chi connectivity index (χ3n) is 5.30. The van der Waals surface area contributed by atoms with Crippen molar-refractivity contribution in [3.8, 4) is 0 Å². The van der Waals surface area contributed by atoms with Crippen molar-refractivity contribution in [3.63, 3.8) is 0 Å². The number of Topliss-reactive ketones (excluding diaryl/α,β-unsaturated/α-hetero) is 1. The van der Waals surface area contributed by atoms with E-state index in [0.717, 1.165) is 0 Å².